The Morgan fingerprint density at radius 2 is 1.89 bits per heavy atom. The Hall–Kier alpha value is -3.40. The second-order valence-corrected chi connectivity index (χ2v) is 7.22. The average Bonchev–Trinajstić information content (AvgIpc) is 2.60. The molecule has 0 atom stereocenters. The fourth-order valence-electron chi connectivity index (χ4n) is 2.29. The number of rotatable bonds is 5. The molecule has 1 aromatic heterocycles. The number of nitrogens with zero attached hydrogens (tertiary/aromatic N) is 2. The van der Waals surface area contributed by atoms with E-state index in [0.29, 0.717) is 15.6 Å². The molecule has 0 bridgehead atoms. The van der Waals surface area contributed by atoms with Gasteiger partial charge < -0.3 is 14.8 Å². The van der Waals surface area contributed by atoms with Gasteiger partial charge >= 0.3 is 11.9 Å². The van der Waals surface area contributed by atoms with Crippen molar-refractivity contribution in [1.29, 1.82) is 0 Å². The monoisotopic (exact) mass is 401 g/mol. The van der Waals surface area contributed by atoms with Crippen molar-refractivity contribution in [3.05, 3.63) is 64.5 Å². The van der Waals surface area contributed by atoms with Gasteiger partial charge in [0.25, 0.3) is 11.5 Å². The van der Waals surface area contributed by atoms with Gasteiger partial charge in [0.1, 0.15) is 5.03 Å². The second-order valence-electron chi connectivity index (χ2n) is 6.12. The lowest BCUT2D eigenvalue weighted by Gasteiger charge is -2.29. The van der Waals surface area contributed by atoms with E-state index in [2.05, 4.69) is 10.3 Å². The third kappa shape index (κ3) is 4.65. The lowest BCUT2D eigenvalue weighted by Crippen LogP contribution is -2.42. The number of hydrogen-bond donors (Lipinski definition) is 1. The van der Waals surface area contributed by atoms with Crippen molar-refractivity contribution in [1.82, 2.24) is 4.98 Å². The number of carbonyl (C=O) groups excluding carboxylic acids is 2. The number of nitro groups is 1. The predicted molar refractivity (Wildman–Crippen MR) is 99.4 cm³/mol. The molecule has 2 aromatic rings. The summed E-state index contributed by atoms with van der Waals surface area (Å²) in [7, 11) is 0. The first-order chi connectivity index (χ1) is 13.2. The molecule has 0 amide bonds. The SMILES string of the molecule is CC1(C)OC(=O)C(=CNc2cc(Sc3ccccn3)cc([N+](=O)[O-])c2)C(=O)O1. The maximum Gasteiger partial charge on any atom is 0.350 e. The van der Waals surface area contributed by atoms with Crippen molar-refractivity contribution in [3.8, 4) is 0 Å². The Morgan fingerprint density at radius 1 is 1.18 bits per heavy atom. The van der Waals surface area contributed by atoms with Crippen LogP contribution >= 0.6 is 11.8 Å². The smallest absolute Gasteiger partial charge is 0.350 e. The van der Waals surface area contributed by atoms with Crippen LogP contribution < -0.4 is 5.32 Å². The number of ether oxygens (including phenoxy) is 2. The number of aromatic nitrogens is 1. The number of cyclic esters (lactones) is 2. The first-order valence-electron chi connectivity index (χ1n) is 8.05. The van der Waals surface area contributed by atoms with E-state index in [-0.39, 0.29) is 11.3 Å². The third-order valence-corrected chi connectivity index (χ3v) is 4.38. The normalized spacial score (nSPS) is 15.4. The Balaban J connectivity index is 1.86. The molecule has 0 saturated carbocycles. The molecule has 1 aromatic carbocycles. The summed E-state index contributed by atoms with van der Waals surface area (Å²) in [5.41, 5.74) is -0.188. The van der Waals surface area contributed by atoms with Crippen LogP contribution in [0.3, 0.4) is 0 Å². The third-order valence-electron chi connectivity index (χ3n) is 3.46. The summed E-state index contributed by atoms with van der Waals surface area (Å²) in [5.74, 6) is -3.03. The molecule has 0 aliphatic carbocycles. The minimum Gasteiger partial charge on any atom is -0.419 e. The number of non-ortho nitro benzene ring substituents is 1. The van der Waals surface area contributed by atoms with Gasteiger partial charge in [-0.05, 0) is 18.2 Å². The average molecular weight is 401 g/mol. The van der Waals surface area contributed by atoms with Crippen molar-refractivity contribution in [2.45, 2.75) is 29.6 Å². The van der Waals surface area contributed by atoms with Crippen LogP contribution in [-0.4, -0.2) is 27.6 Å². The number of nitro benzene ring substituents is 1. The van der Waals surface area contributed by atoms with Crippen molar-refractivity contribution in [3.63, 3.8) is 0 Å². The molecule has 144 valence electrons. The number of carbonyl (C=O) groups is 2. The van der Waals surface area contributed by atoms with Gasteiger partial charge in [0.15, 0.2) is 5.57 Å². The van der Waals surface area contributed by atoms with Gasteiger partial charge in [0.2, 0.25) is 0 Å². The van der Waals surface area contributed by atoms with Gasteiger partial charge in [-0.1, -0.05) is 17.8 Å². The van der Waals surface area contributed by atoms with Gasteiger partial charge in [-0.15, -0.1) is 0 Å². The molecule has 9 nitrogen and oxygen atoms in total. The van der Waals surface area contributed by atoms with E-state index < -0.39 is 22.6 Å². The fraction of sp³-hybridized carbons (Fsp3) is 0.167. The summed E-state index contributed by atoms with van der Waals surface area (Å²) >= 11 is 1.24. The molecule has 1 fully saturated rings. The zero-order chi connectivity index (χ0) is 20.3. The molecule has 0 radical (unpaired) electrons. The molecule has 10 heteroatoms. The minimum atomic E-state index is -1.34. The molecule has 1 N–H and O–H groups in total. The Kier molecular flexibility index (Phi) is 5.32. The molecule has 0 unspecified atom stereocenters. The molecule has 3 rings (SSSR count). The maximum absolute atomic E-state index is 12.0. The molecular weight excluding hydrogens is 386 g/mol. The highest BCUT2D eigenvalue weighted by Gasteiger charge is 2.38. The van der Waals surface area contributed by atoms with Crippen LogP contribution in [0.25, 0.3) is 0 Å². The quantitative estimate of drug-likeness (QED) is 0.264. The van der Waals surface area contributed by atoms with E-state index in [1.807, 2.05) is 0 Å². The van der Waals surface area contributed by atoms with Crippen LogP contribution in [-0.2, 0) is 19.1 Å². The Labute approximate surface area is 163 Å². The van der Waals surface area contributed by atoms with Gasteiger partial charge in [-0.25, -0.2) is 14.6 Å². The van der Waals surface area contributed by atoms with E-state index in [1.165, 1.54) is 37.7 Å². The van der Waals surface area contributed by atoms with Crippen molar-refractivity contribution in [2.24, 2.45) is 0 Å². The van der Waals surface area contributed by atoms with E-state index in [0.717, 1.165) is 6.20 Å². The van der Waals surface area contributed by atoms with Crippen LogP contribution in [0, 0.1) is 10.1 Å². The first kappa shape index (κ1) is 19.4. The zero-order valence-corrected chi connectivity index (χ0v) is 15.7. The highest BCUT2D eigenvalue weighted by molar-refractivity contribution is 7.99. The number of hydrogen-bond acceptors (Lipinski definition) is 9. The van der Waals surface area contributed by atoms with Crippen LogP contribution in [0.4, 0.5) is 11.4 Å². The van der Waals surface area contributed by atoms with Crippen LogP contribution in [0.2, 0.25) is 0 Å². The van der Waals surface area contributed by atoms with Crippen LogP contribution in [0.15, 0.2) is 64.3 Å². The lowest BCUT2D eigenvalue weighted by molar-refractivity contribution is -0.385. The number of pyridine rings is 1. The summed E-state index contributed by atoms with van der Waals surface area (Å²) in [6, 6.07) is 9.66. The van der Waals surface area contributed by atoms with E-state index >= 15 is 0 Å². The summed E-state index contributed by atoms with van der Waals surface area (Å²) in [6.45, 7) is 2.88. The topological polar surface area (TPSA) is 121 Å². The van der Waals surface area contributed by atoms with Crippen LogP contribution in [0.5, 0.6) is 0 Å². The molecule has 1 aliphatic rings. The standard InChI is InChI=1S/C18H15N3O6S/c1-18(2)26-16(22)14(17(23)27-18)10-20-11-7-12(21(24)25)9-13(8-11)28-15-5-3-4-6-19-15/h3-10,20H,1-2H3. The molecule has 1 saturated heterocycles. The molecule has 2 heterocycles. The van der Waals surface area contributed by atoms with E-state index in [1.54, 1.807) is 30.5 Å². The second kappa shape index (κ2) is 7.69. The number of anilines is 1. The Morgan fingerprint density at radius 3 is 2.50 bits per heavy atom. The fourth-order valence-corrected chi connectivity index (χ4v) is 3.16. The van der Waals surface area contributed by atoms with Crippen LogP contribution in [0.1, 0.15) is 13.8 Å². The van der Waals surface area contributed by atoms with Crippen molar-refractivity contribution < 1.29 is 24.0 Å². The summed E-state index contributed by atoms with van der Waals surface area (Å²) in [5, 5.41) is 14.6. The predicted octanol–water partition coefficient (Wildman–Crippen LogP) is 3.27. The summed E-state index contributed by atoms with van der Waals surface area (Å²) in [4.78, 5) is 39.4. The Bertz CT molecular complexity index is 953. The van der Waals surface area contributed by atoms with E-state index in [4.69, 9.17) is 9.47 Å². The molecule has 0 spiro atoms. The first-order valence-corrected chi connectivity index (χ1v) is 8.87. The lowest BCUT2D eigenvalue weighted by atomic mass is 10.2. The highest BCUT2D eigenvalue weighted by atomic mass is 32.2. The van der Waals surface area contributed by atoms with E-state index in [9.17, 15) is 19.7 Å². The van der Waals surface area contributed by atoms with Gasteiger partial charge in [0.05, 0.1) is 4.92 Å². The summed E-state index contributed by atoms with van der Waals surface area (Å²) < 4.78 is 10.00. The molecular formula is C18H15N3O6S. The van der Waals surface area contributed by atoms with Gasteiger partial charge in [-0.2, -0.15) is 0 Å². The maximum atomic E-state index is 12.0. The zero-order valence-electron chi connectivity index (χ0n) is 14.9. The molecule has 28 heavy (non-hydrogen) atoms. The highest BCUT2D eigenvalue weighted by Crippen LogP contribution is 2.32. The largest absolute Gasteiger partial charge is 0.419 e. The number of esters is 2. The summed E-state index contributed by atoms with van der Waals surface area (Å²) in [6.07, 6.45) is 2.72. The van der Waals surface area contributed by atoms with Crippen molar-refractivity contribution in [2.75, 3.05) is 5.32 Å². The van der Waals surface area contributed by atoms with Crippen molar-refractivity contribution >= 4 is 35.1 Å². The number of nitrogens with one attached hydrogen (secondary N) is 1. The minimum absolute atomic E-state index is 0.156. The van der Waals surface area contributed by atoms with Gasteiger partial charge in [0, 0.05) is 49.0 Å². The van der Waals surface area contributed by atoms with Gasteiger partial charge in [-0.3, -0.25) is 10.1 Å². The number of benzene rings is 1. The molecule has 1 aliphatic heterocycles.